The smallest absolute Gasteiger partial charge is 0.257 e. The number of thiocarbonyl (C=S) groups is 1. The Morgan fingerprint density at radius 2 is 1.90 bits per heavy atom. The first kappa shape index (κ1) is 19.9. The summed E-state index contributed by atoms with van der Waals surface area (Å²) in [5.41, 5.74) is 3.19. The van der Waals surface area contributed by atoms with E-state index in [0.29, 0.717) is 11.3 Å². The van der Waals surface area contributed by atoms with Gasteiger partial charge in [-0.25, -0.2) is 0 Å². The Balaban J connectivity index is 1.50. The van der Waals surface area contributed by atoms with Crippen LogP contribution in [0.5, 0.6) is 5.75 Å². The van der Waals surface area contributed by atoms with Gasteiger partial charge in [-0.1, -0.05) is 23.5 Å². The molecule has 0 aliphatic rings. The molecule has 0 radical (unpaired) electrons. The number of carbonyl (C=O) groups is 1. The van der Waals surface area contributed by atoms with Gasteiger partial charge in [0.15, 0.2) is 10.9 Å². The van der Waals surface area contributed by atoms with E-state index in [-0.39, 0.29) is 11.0 Å². The van der Waals surface area contributed by atoms with Crippen molar-refractivity contribution in [1.82, 2.24) is 25.1 Å². The lowest BCUT2D eigenvalue weighted by Gasteiger charge is -2.13. The van der Waals surface area contributed by atoms with Gasteiger partial charge in [0, 0.05) is 16.8 Å². The lowest BCUT2D eigenvalue weighted by molar-refractivity contribution is 0.0977. The molecule has 30 heavy (non-hydrogen) atoms. The number of rotatable bonds is 4. The predicted molar refractivity (Wildman–Crippen MR) is 120 cm³/mol. The zero-order valence-electron chi connectivity index (χ0n) is 16.5. The van der Waals surface area contributed by atoms with Crippen LogP contribution in [0.3, 0.4) is 0 Å². The molecular weight excluding hydrogens is 420 g/mol. The molecule has 4 aromatic rings. The summed E-state index contributed by atoms with van der Waals surface area (Å²) >= 11 is 6.79. The number of hydrogen-bond acceptors (Lipinski definition) is 7. The van der Waals surface area contributed by atoms with Crippen LogP contribution < -0.4 is 15.4 Å². The zero-order valence-corrected chi connectivity index (χ0v) is 18.1. The minimum atomic E-state index is -0.298. The average Bonchev–Trinajstić information content (AvgIpc) is 3.31. The Hall–Kier alpha value is -3.37. The van der Waals surface area contributed by atoms with Crippen molar-refractivity contribution in [3.05, 3.63) is 59.4 Å². The van der Waals surface area contributed by atoms with Gasteiger partial charge in [-0.05, 0) is 62.0 Å². The summed E-state index contributed by atoms with van der Waals surface area (Å²) in [5.74, 6) is 1.12. The highest BCUT2D eigenvalue weighted by Crippen LogP contribution is 2.31. The van der Waals surface area contributed by atoms with E-state index in [1.807, 2.05) is 32.0 Å². The van der Waals surface area contributed by atoms with Crippen LogP contribution in [0.2, 0.25) is 0 Å². The number of nitrogens with one attached hydrogen (secondary N) is 2. The lowest BCUT2D eigenvalue weighted by Crippen LogP contribution is -2.34. The highest BCUT2D eigenvalue weighted by atomic mass is 32.1. The maximum atomic E-state index is 12.4. The zero-order chi connectivity index (χ0) is 21.3. The molecule has 0 fully saturated rings. The second-order valence-electron chi connectivity index (χ2n) is 6.46. The predicted octanol–water partition coefficient (Wildman–Crippen LogP) is 3.61. The number of fused-ring (bicyclic) bond motifs is 1. The van der Waals surface area contributed by atoms with Gasteiger partial charge in [0.2, 0.25) is 4.96 Å². The monoisotopic (exact) mass is 438 g/mol. The quantitative estimate of drug-likeness (QED) is 0.470. The minimum Gasteiger partial charge on any atom is -0.497 e. The Kier molecular flexibility index (Phi) is 5.42. The molecular formula is C20H18N6O2S2. The van der Waals surface area contributed by atoms with Crippen molar-refractivity contribution in [2.24, 2.45) is 0 Å². The summed E-state index contributed by atoms with van der Waals surface area (Å²) < 4.78 is 6.83. The van der Waals surface area contributed by atoms with Crippen molar-refractivity contribution in [1.29, 1.82) is 0 Å². The van der Waals surface area contributed by atoms with Crippen molar-refractivity contribution in [3.63, 3.8) is 0 Å². The van der Waals surface area contributed by atoms with Gasteiger partial charge in [0.1, 0.15) is 10.8 Å². The number of hydrogen-bond donors (Lipinski definition) is 2. The fourth-order valence-electron chi connectivity index (χ4n) is 2.90. The molecule has 2 aromatic carbocycles. The molecule has 0 spiro atoms. The average molecular weight is 439 g/mol. The van der Waals surface area contributed by atoms with Crippen LogP contribution in [0.1, 0.15) is 21.7 Å². The highest BCUT2D eigenvalue weighted by Gasteiger charge is 2.15. The van der Waals surface area contributed by atoms with Crippen LogP contribution in [-0.2, 0) is 0 Å². The van der Waals surface area contributed by atoms with Gasteiger partial charge < -0.3 is 10.1 Å². The molecule has 4 rings (SSSR count). The molecule has 0 atom stereocenters. The molecule has 0 aliphatic heterocycles. The van der Waals surface area contributed by atoms with Crippen LogP contribution in [0, 0.1) is 13.8 Å². The molecule has 8 nitrogen and oxygen atoms in total. The lowest BCUT2D eigenvalue weighted by atomic mass is 10.1. The molecule has 0 saturated heterocycles. The number of aryl methyl sites for hydroxylation is 1. The Morgan fingerprint density at radius 1 is 1.13 bits per heavy atom. The van der Waals surface area contributed by atoms with Crippen LogP contribution in [0.15, 0.2) is 42.5 Å². The van der Waals surface area contributed by atoms with Gasteiger partial charge in [0.25, 0.3) is 5.91 Å². The third kappa shape index (κ3) is 3.87. The van der Waals surface area contributed by atoms with Crippen molar-refractivity contribution in [2.75, 3.05) is 12.4 Å². The number of aromatic nitrogens is 4. The normalized spacial score (nSPS) is 10.8. The molecule has 0 saturated carbocycles. The van der Waals surface area contributed by atoms with Crippen LogP contribution in [-0.4, -0.2) is 37.9 Å². The van der Waals surface area contributed by atoms with Crippen molar-refractivity contribution in [2.45, 2.75) is 13.8 Å². The minimum absolute atomic E-state index is 0.213. The molecule has 1 amide bonds. The summed E-state index contributed by atoms with van der Waals surface area (Å²) in [5, 5.41) is 19.6. The summed E-state index contributed by atoms with van der Waals surface area (Å²) in [7, 11) is 1.58. The van der Waals surface area contributed by atoms with Crippen molar-refractivity contribution >= 4 is 45.2 Å². The van der Waals surface area contributed by atoms with Crippen molar-refractivity contribution < 1.29 is 9.53 Å². The van der Waals surface area contributed by atoms with E-state index in [1.165, 1.54) is 11.3 Å². The SMILES string of the molecule is COc1ccc(C(=O)NC(=S)Nc2cccc(-c3nn4c(C)nnc4s3)c2C)cc1. The molecule has 152 valence electrons. The topological polar surface area (TPSA) is 93.4 Å². The van der Waals surface area contributed by atoms with Crippen LogP contribution >= 0.6 is 23.6 Å². The maximum Gasteiger partial charge on any atom is 0.257 e. The standard InChI is InChI=1S/C20H18N6O2S2/c1-11-15(18-25-26-12(2)23-24-20(26)30-18)5-4-6-16(11)21-19(29)22-17(27)13-7-9-14(28-3)10-8-13/h4-10H,1-3H3,(H2,21,22,27,29). The van der Waals surface area contributed by atoms with Gasteiger partial charge in [-0.3, -0.25) is 10.1 Å². The van der Waals surface area contributed by atoms with Gasteiger partial charge in [-0.2, -0.15) is 9.61 Å². The summed E-state index contributed by atoms with van der Waals surface area (Å²) in [4.78, 5) is 13.2. The van der Waals surface area contributed by atoms with Crippen molar-refractivity contribution in [3.8, 4) is 16.3 Å². The fraction of sp³-hybridized carbons (Fsp3) is 0.150. The second-order valence-corrected chi connectivity index (χ2v) is 7.83. The van der Waals surface area contributed by atoms with E-state index in [9.17, 15) is 4.79 Å². The highest BCUT2D eigenvalue weighted by molar-refractivity contribution is 7.80. The first-order valence-corrected chi connectivity index (χ1v) is 10.2. The molecule has 10 heteroatoms. The Morgan fingerprint density at radius 3 is 2.60 bits per heavy atom. The number of carbonyl (C=O) groups excluding carboxylic acids is 1. The number of ether oxygens (including phenoxy) is 1. The van der Waals surface area contributed by atoms with Gasteiger partial charge in [-0.15, -0.1) is 10.2 Å². The van der Waals surface area contributed by atoms with Crippen LogP contribution in [0.25, 0.3) is 15.5 Å². The number of nitrogens with zero attached hydrogens (tertiary/aromatic N) is 4. The van der Waals surface area contributed by atoms with E-state index < -0.39 is 0 Å². The molecule has 2 aromatic heterocycles. The molecule has 0 unspecified atom stereocenters. The van der Waals surface area contributed by atoms with E-state index >= 15 is 0 Å². The Labute approximate surface area is 181 Å². The summed E-state index contributed by atoms with van der Waals surface area (Å²) in [6, 6.07) is 12.6. The number of amides is 1. The van der Waals surface area contributed by atoms with Gasteiger partial charge in [0.05, 0.1) is 7.11 Å². The Bertz CT molecular complexity index is 1250. The summed E-state index contributed by atoms with van der Waals surface area (Å²) in [6.07, 6.45) is 0. The van der Waals surface area contributed by atoms with E-state index in [1.54, 1.807) is 35.9 Å². The first-order chi connectivity index (χ1) is 14.5. The number of benzene rings is 2. The van der Waals surface area contributed by atoms with Gasteiger partial charge >= 0.3 is 0 Å². The fourth-order valence-corrected chi connectivity index (χ4v) is 4.07. The largest absolute Gasteiger partial charge is 0.497 e. The first-order valence-electron chi connectivity index (χ1n) is 9.01. The number of anilines is 1. The molecule has 2 N–H and O–H groups in total. The molecule has 0 bridgehead atoms. The van der Waals surface area contributed by atoms with E-state index in [0.717, 1.165) is 32.6 Å². The second kappa shape index (κ2) is 8.17. The third-order valence-corrected chi connectivity index (χ3v) is 5.67. The third-order valence-electron chi connectivity index (χ3n) is 4.54. The molecule has 0 aliphatic carbocycles. The summed E-state index contributed by atoms with van der Waals surface area (Å²) in [6.45, 7) is 3.83. The number of methoxy groups -OCH3 is 1. The van der Waals surface area contributed by atoms with Crippen LogP contribution in [0.4, 0.5) is 5.69 Å². The van der Waals surface area contributed by atoms with E-state index in [2.05, 4.69) is 25.9 Å². The van der Waals surface area contributed by atoms with E-state index in [4.69, 9.17) is 17.0 Å². The molecule has 2 heterocycles. The maximum absolute atomic E-state index is 12.4.